The van der Waals surface area contributed by atoms with Crippen LogP contribution in [0.5, 0.6) is 0 Å². The molecular weight excluding hydrogens is 357 g/mol. The molecule has 1 aliphatic heterocycles. The Bertz CT molecular complexity index is 950. The van der Waals surface area contributed by atoms with Crippen LogP contribution in [-0.4, -0.2) is 50.8 Å². The Morgan fingerprint density at radius 1 is 1.19 bits per heavy atom. The van der Waals surface area contributed by atoms with Crippen LogP contribution in [0, 0.1) is 5.82 Å². The summed E-state index contributed by atoms with van der Waals surface area (Å²) < 4.78 is 14.9. The Kier molecular flexibility index (Phi) is 4.37. The number of benzene rings is 1. The highest BCUT2D eigenvalue weighted by atomic mass is 35.5. The number of rotatable bonds is 3. The molecule has 26 heavy (non-hydrogen) atoms. The maximum atomic E-state index is 13.2. The second-order valence-corrected chi connectivity index (χ2v) is 6.82. The Labute approximate surface area is 155 Å². The van der Waals surface area contributed by atoms with Gasteiger partial charge in [0.25, 0.3) is 0 Å². The summed E-state index contributed by atoms with van der Waals surface area (Å²) in [5, 5.41) is 5.41. The third-order valence-corrected chi connectivity index (χ3v) is 5.03. The fourth-order valence-electron chi connectivity index (χ4n) is 3.17. The lowest BCUT2D eigenvalue weighted by Gasteiger charge is -2.34. The highest BCUT2D eigenvalue weighted by molar-refractivity contribution is 6.31. The van der Waals surface area contributed by atoms with Crippen molar-refractivity contribution in [2.45, 2.75) is 6.54 Å². The summed E-state index contributed by atoms with van der Waals surface area (Å²) in [6, 6.07) is 4.54. The van der Waals surface area contributed by atoms with Gasteiger partial charge in [0.1, 0.15) is 11.6 Å². The second-order valence-electron chi connectivity index (χ2n) is 6.41. The molecule has 0 bridgehead atoms. The number of nitrogens with two attached hydrogens (primary N) is 1. The summed E-state index contributed by atoms with van der Waals surface area (Å²) >= 11 is 6.13. The molecule has 0 radical (unpaired) electrons. The predicted molar refractivity (Wildman–Crippen MR) is 99.6 cm³/mol. The molecule has 7 nitrogen and oxygen atoms in total. The molecule has 0 saturated carbocycles. The zero-order chi connectivity index (χ0) is 18.3. The quantitative estimate of drug-likeness (QED) is 0.755. The fraction of sp³-hybridized carbons (Fsp3) is 0.353. The Balaban J connectivity index is 1.46. The van der Waals surface area contributed by atoms with E-state index in [1.807, 2.05) is 7.05 Å². The zero-order valence-electron chi connectivity index (χ0n) is 14.4. The van der Waals surface area contributed by atoms with E-state index >= 15 is 0 Å². The predicted octanol–water partition coefficient (Wildman–Crippen LogP) is 2.06. The molecule has 0 aliphatic carbocycles. The van der Waals surface area contributed by atoms with Crippen LogP contribution in [0.4, 0.5) is 16.2 Å². The van der Waals surface area contributed by atoms with Gasteiger partial charge < -0.3 is 10.6 Å². The third kappa shape index (κ3) is 3.17. The van der Waals surface area contributed by atoms with Gasteiger partial charge in [0.05, 0.1) is 11.6 Å². The van der Waals surface area contributed by atoms with Crippen LogP contribution >= 0.6 is 11.6 Å². The lowest BCUT2D eigenvalue weighted by molar-refractivity contribution is 0.249. The summed E-state index contributed by atoms with van der Waals surface area (Å²) in [5.74, 6) is 0.751. The van der Waals surface area contributed by atoms with Crippen molar-refractivity contribution in [3.05, 3.63) is 40.8 Å². The van der Waals surface area contributed by atoms with Crippen LogP contribution in [0.1, 0.15) is 5.56 Å². The minimum atomic E-state index is -0.316. The molecule has 3 heterocycles. The number of fused-ring (bicyclic) bond motifs is 1. The number of hydrogen-bond donors (Lipinski definition) is 1. The molecule has 0 atom stereocenters. The van der Waals surface area contributed by atoms with E-state index in [2.05, 4.69) is 24.9 Å². The second kappa shape index (κ2) is 6.69. The number of nitrogen functional groups attached to an aromatic ring is 1. The molecule has 1 aliphatic rings. The van der Waals surface area contributed by atoms with Gasteiger partial charge in [-0.1, -0.05) is 17.7 Å². The number of halogens is 2. The molecule has 3 aromatic rings. The average molecular weight is 376 g/mol. The number of aromatic nitrogens is 4. The maximum absolute atomic E-state index is 13.2. The number of piperazine rings is 1. The summed E-state index contributed by atoms with van der Waals surface area (Å²) in [5.41, 5.74) is 7.71. The van der Waals surface area contributed by atoms with E-state index < -0.39 is 0 Å². The van der Waals surface area contributed by atoms with Crippen LogP contribution in [-0.2, 0) is 13.6 Å². The first-order chi connectivity index (χ1) is 12.5. The van der Waals surface area contributed by atoms with Gasteiger partial charge in [0.2, 0.25) is 5.95 Å². The lowest BCUT2D eigenvalue weighted by Crippen LogP contribution is -2.46. The van der Waals surface area contributed by atoms with Crippen molar-refractivity contribution in [3.8, 4) is 0 Å². The minimum Gasteiger partial charge on any atom is -0.383 e. The fourth-order valence-corrected chi connectivity index (χ4v) is 3.40. The molecule has 2 aromatic heterocycles. The standard InChI is InChI=1S/C17H19ClFN7/c1-24-16-13(9-21-24)15(20)22-17(23-16)26-6-4-25(5-7-26)10-11-2-3-12(19)8-14(11)18/h2-3,8-9H,4-7,10H2,1H3,(H2,20,22,23). The van der Waals surface area contributed by atoms with Gasteiger partial charge in [0, 0.05) is 44.8 Å². The monoisotopic (exact) mass is 375 g/mol. The Morgan fingerprint density at radius 3 is 2.69 bits per heavy atom. The molecule has 9 heteroatoms. The third-order valence-electron chi connectivity index (χ3n) is 4.67. The molecule has 4 rings (SSSR count). The molecule has 1 saturated heterocycles. The van der Waals surface area contributed by atoms with Gasteiger partial charge in [-0.15, -0.1) is 0 Å². The van der Waals surface area contributed by atoms with E-state index in [4.69, 9.17) is 17.3 Å². The van der Waals surface area contributed by atoms with Crippen molar-refractivity contribution >= 4 is 34.4 Å². The number of hydrogen-bond acceptors (Lipinski definition) is 6. The van der Waals surface area contributed by atoms with Crippen molar-refractivity contribution in [1.29, 1.82) is 0 Å². The highest BCUT2D eigenvalue weighted by Gasteiger charge is 2.21. The number of aryl methyl sites for hydroxylation is 1. The van der Waals surface area contributed by atoms with Gasteiger partial charge in [-0.2, -0.15) is 15.1 Å². The van der Waals surface area contributed by atoms with Crippen LogP contribution in [0.25, 0.3) is 11.0 Å². The van der Waals surface area contributed by atoms with Crippen LogP contribution in [0.15, 0.2) is 24.4 Å². The molecule has 0 unspecified atom stereocenters. The number of nitrogens with zero attached hydrogens (tertiary/aromatic N) is 6. The van der Waals surface area contributed by atoms with Crippen LogP contribution in [0.3, 0.4) is 0 Å². The van der Waals surface area contributed by atoms with Crippen molar-refractivity contribution in [3.63, 3.8) is 0 Å². The van der Waals surface area contributed by atoms with E-state index in [1.165, 1.54) is 12.1 Å². The topological polar surface area (TPSA) is 76.1 Å². The summed E-state index contributed by atoms with van der Waals surface area (Å²) in [6.07, 6.45) is 1.68. The lowest BCUT2D eigenvalue weighted by atomic mass is 10.2. The van der Waals surface area contributed by atoms with Crippen LogP contribution in [0.2, 0.25) is 5.02 Å². The first-order valence-electron chi connectivity index (χ1n) is 8.38. The van der Waals surface area contributed by atoms with E-state index in [1.54, 1.807) is 16.9 Å². The Hall–Kier alpha value is -2.45. The van der Waals surface area contributed by atoms with E-state index in [-0.39, 0.29) is 5.82 Å². The van der Waals surface area contributed by atoms with Crippen molar-refractivity contribution < 1.29 is 4.39 Å². The molecule has 1 aromatic carbocycles. The molecule has 2 N–H and O–H groups in total. The summed E-state index contributed by atoms with van der Waals surface area (Å²) in [6.45, 7) is 3.92. The van der Waals surface area contributed by atoms with Crippen molar-refractivity contribution in [2.24, 2.45) is 7.05 Å². The SMILES string of the molecule is Cn1ncc2c(N)nc(N3CCN(Cc4ccc(F)cc4Cl)CC3)nc21. The van der Waals surface area contributed by atoms with Gasteiger partial charge in [-0.3, -0.25) is 9.58 Å². The molecule has 0 amide bonds. The largest absolute Gasteiger partial charge is 0.383 e. The first-order valence-corrected chi connectivity index (χ1v) is 8.75. The highest BCUT2D eigenvalue weighted by Crippen LogP contribution is 2.23. The van der Waals surface area contributed by atoms with Crippen molar-refractivity contribution in [2.75, 3.05) is 36.8 Å². The summed E-state index contributed by atoms with van der Waals surface area (Å²) in [7, 11) is 1.84. The van der Waals surface area contributed by atoms with E-state index in [9.17, 15) is 4.39 Å². The molecule has 1 fully saturated rings. The Morgan fingerprint density at radius 2 is 1.96 bits per heavy atom. The minimum absolute atomic E-state index is 0.316. The average Bonchev–Trinajstić information content (AvgIpc) is 3.00. The van der Waals surface area contributed by atoms with Gasteiger partial charge in [-0.05, 0) is 17.7 Å². The van der Waals surface area contributed by atoms with Gasteiger partial charge >= 0.3 is 0 Å². The van der Waals surface area contributed by atoms with E-state index in [0.717, 1.165) is 42.8 Å². The van der Waals surface area contributed by atoms with Gasteiger partial charge in [0.15, 0.2) is 5.65 Å². The first kappa shape index (κ1) is 17.0. The molecular formula is C17H19ClFN7. The maximum Gasteiger partial charge on any atom is 0.229 e. The smallest absolute Gasteiger partial charge is 0.229 e. The molecule has 136 valence electrons. The van der Waals surface area contributed by atoms with Gasteiger partial charge in [-0.25, -0.2) is 4.39 Å². The van der Waals surface area contributed by atoms with Crippen molar-refractivity contribution in [1.82, 2.24) is 24.6 Å². The summed E-state index contributed by atoms with van der Waals surface area (Å²) in [4.78, 5) is 13.4. The zero-order valence-corrected chi connectivity index (χ0v) is 15.1. The number of anilines is 2. The van der Waals surface area contributed by atoms with E-state index in [0.29, 0.717) is 23.3 Å². The normalized spacial score (nSPS) is 15.7. The molecule has 0 spiro atoms. The van der Waals surface area contributed by atoms with Crippen LogP contribution < -0.4 is 10.6 Å².